The zero-order valence-corrected chi connectivity index (χ0v) is 11.4. The summed E-state index contributed by atoms with van der Waals surface area (Å²) in [4.78, 5) is 5.31. The van der Waals surface area contributed by atoms with Gasteiger partial charge in [0.05, 0.1) is 9.90 Å². The molecule has 0 unspecified atom stereocenters. The van der Waals surface area contributed by atoms with Crippen LogP contribution in [0.5, 0.6) is 0 Å². The Hall–Kier alpha value is -1.50. The van der Waals surface area contributed by atoms with Crippen LogP contribution >= 0.6 is 34.3 Å². The molecule has 0 aliphatic rings. The molecule has 2 N–H and O–H groups in total. The minimum Gasteiger partial charge on any atom is -0.374 e. The third-order valence-corrected chi connectivity index (χ3v) is 4.54. The lowest BCUT2D eigenvalue weighted by Crippen LogP contribution is -1.79. The smallest absolute Gasteiger partial charge is 0.203 e. The molecule has 2 heterocycles. The summed E-state index contributed by atoms with van der Waals surface area (Å²) < 4.78 is 0. The van der Waals surface area contributed by atoms with Crippen LogP contribution in [0.25, 0.3) is 20.5 Å². The summed E-state index contributed by atoms with van der Waals surface area (Å²) in [7, 11) is 0. The molecule has 7 heteroatoms. The second-order valence-corrected chi connectivity index (χ2v) is 5.90. The van der Waals surface area contributed by atoms with E-state index in [1.54, 1.807) is 6.20 Å². The monoisotopic (exact) mass is 294 g/mol. The molecule has 2 aromatic heterocycles. The number of rotatable bonds is 2. The van der Waals surface area contributed by atoms with E-state index in [1.165, 1.54) is 22.7 Å². The molecule has 3 rings (SSSR count). The first-order valence-corrected chi connectivity index (χ1v) is 7.05. The van der Waals surface area contributed by atoms with Gasteiger partial charge in [0.1, 0.15) is 5.01 Å². The molecule has 3 aromatic rings. The van der Waals surface area contributed by atoms with Crippen molar-refractivity contribution in [2.45, 2.75) is 0 Å². The van der Waals surface area contributed by atoms with Crippen LogP contribution in [0.15, 0.2) is 30.5 Å². The molecular weight excluding hydrogens is 288 g/mol. The highest BCUT2D eigenvalue weighted by atomic mass is 35.5. The summed E-state index contributed by atoms with van der Waals surface area (Å²) >= 11 is 9.01. The summed E-state index contributed by atoms with van der Waals surface area (Å²) in [6.45, 7) is 0. The molecule has 0 atom stereocenters. The molecular formula is C11H7ClN4S2. The molecule has 0 bridgehead atoms. The fraction of sp³-hybridized carbons (Fsp3) is 0. The molecule has 0 saturated carbocycles. The Morgan fingerprint density at radius 3 is 2.61 bits per heavy atom. The van der Waals surface area contributed by atoms with E-state index in [0.717, 1.165) is 20.5 Å². The predicted octanol–water partition coefficient (Wildman–Crippen LogP) is 3.56. The number of nitrogen functional groups attached to an aromatic ring is 1. The van der Waals surface area contributed by atoms with Gasteiger partial charge in [-0.15, -0.1) is 21.5 Å². The maximum absolute atomic E-state index is 6.14. The van der Waals surface area contributed by atoms with E-state index in [2.05, 4.69) is 15.2 Å². The molecule has 0 amide bonds. The van der Waals surface area contributed by atoms with Gasteiger partial charge in [0.2, 0.25) is 5.13 Å². The number of nitrogens with zero attached hydrogens (tertiary/aromatic N) is 3. The van der Waals surface area contributed by atoms with Crippen LogP contribution in [-0.4, -0.2) is 15.2 Å². The number of aromatic nitrogens is 3. The van der Waals surface area contributed by atoms with Gasteiger partial charge in [0.15, 0.2) is 5.01 Å². The van der Waals surface area contributed by atoms with Crippen LogP contribution in [0.3, 0.4) is 0 Å². The number of halogens is 1. The number of hydrogen-bond donors (Lipinski definition) is 1. The average Bonchev–Trinajstić information content (AvgIpc) is 2.98. The molecule has 0 aliphatic heterocycles. The number of nitrogens with two attached hydrogens (primary N) is 1. The van der Waals surface area contributed by atoms with Gasteiger partial charge in [-0.2, -0.15) is 0 Å². The lowest BCUT2D eigenvalue weighted by Gasteiger charge is -1.97. The first kappa shape index (κ1) is 11.6. The van der Waals surface area contributed by atoms with Gasteiger partial charge in [-0.3, -0.25) is 0 Å². The van der Waals surface area contributed by atoms with Crippen LogP contribution in [0, 0.1) is 0 Å². The van der Waals surface area contributed by atoms with Crippen molar-refractivity contribution >= 4 is 39.4 Å². The Morgan fingerprint density at radius 2 is 1.89 bits per heavy atom. The largest absolute Gasteiger partial charge is 0.374 e. The summed E-state index contributed by atoms with van der Waals surface area (Å²) in [6.07, 6.45) is 1.77. The van der Waals surface area contributed by atoms with Gasteiger partial charge in [0.25, 0.3) is 0 Å². The van der Waals surface area contributed by atoms with Crippen molar-refractivity contribution in [2.24, 2.45) is 0 Å². The number of thiazole rings is 1. The van der Waals surface area contributed by atoms with Crippen LogP contribution < -0.4 is 5.73 Å². The predicted molar refractivity (Wildman–Crippen MR) is 75.9 cm³/mol. The standard InChI is InChI=1S/C11H7ClN4S2/c12-7-4-2-1-3-6(7)9-14-5-8(17-9)10-15-16-11(13)18-10/h1-5H,(H2,13,16). The summed E-state index contributed by atoms with van der Waals surface area (Å²) in [5.74, 6) is 0. The Labute approximate surface area is 116 Å². The third-order valence-electron chi connectivity index (χ3n) is 2.26. The Bertz CT molecular complexity index is 692. The van der Waals surface area contributed by atoms with E-state index in [1.807, 2.05) is 24.3 Å². The van der Waals surface area contributed by atoms with Crippen LogP contribution in [0.2, 0.25) is 5.02 Å². The van der Waals surface area contributed by atoms with Crippen LogP contribution in [-0.2, 0) is 0 Å². The zero-order chi connectivity index (χ0) is 12.5. The molecule has 0 radical (unpaired) electrons. The Kier molecular flexibility index (Phi) is 2.99. The lowest BCUT2D eigenvalue weighted by atomic mass is 10.2. The van der Waals surface area contributed by atoms with E-state index < -0.39 is 0 Å². The van der Waals surface area contributed by atoms with Crippen molar-refractivity contribution < 1.29 is 0 Å². The van der Waals surface area contributed by atoms with Gasteiger partial charge >= 0.3 is 0 Å². The molecule has 1 aromatic carbocycles. The maximum Gasteiger partial charge on any atom is 0.203 e. The van der Waals surface area contributed by atoms with Gasteiger partial charge in [0, 0.05) is 11.8 Å². The van der Waals surface area contributed by atoms with Gasteiger partial charge in [-0.05, 0) is 6.07 Å². The fourth-order valence-corrected chi connectivity index (χ4v) is 3.35. The van der Waals surface area contributed by atoms with Crippen LogP contribution in [0.4, 0.5) is 5.13 Å². The van der Waals surface area contributed by atoms with E-state index in [-0.39, 0.29) is 0 Å². The van der Waals surface area contributed by atoms with Crippen molar-refractivity contribution in [1.82, 2.24) is 15.2 Å². The highest BCUT2D eigenvalue weighted by molar-refractivity contribution is 7.24. The third kappa shape index (κ3) is 2.10. The molecule has 0 aliphatic carbocycles. The Balaban J connectivity index is 2.02. The van der Waals surface area contributed by atoms with Crippen molar-refractivity contribution in [3.63, 3.8) is 0 Å². The molecule has 0 spiro atoms. The average molecular weight is 295 g/mol. The number of benzene rings is 1. The van der Waals surface area contributed by atoms with E-state index >= 15 is 0 Å². The molecule has 0 fully saturated rings. The second kappa shape index (κ2) is 4.64. The zero-order valence-electron chi connectivity index (χ0n) is 9.00. The van der Waals surface area contributed by atoms with Crippen molar-refractivity contribution in [2.75, 3.05) is 5.73 Å². The highest BCUT2D eigenvalue weighted by Gasteiger charge is 2.12. The van der Waals surface area contributed by atoms with Gasteiger partial charge in [-0.25, -0.2) is 4.98 Å². The quantitative estimate of drug-likeness (QED) is 0.785. The van der Waals surface area contributed by atoms with E-state index in [4.69, 9.17) is 17.3 Å². The van der Waals surface area contributed by atoms with E-state index in [9.17, 15) is 0 Å². The van der Waals surface area contributed by atoms with Crippen molar-refractivity contribution in [1.29, 1.82) is 0 Å². The SMILES string of the molecule is Nc1nnc(-c2cnc(-c3ccccc3Cl)s2)s1. The van der Waals surface area contributed by atoms with Crippen LogP contribution in [0.1, 0.15) is 0 Å². The number of anilines is 1. The first-order chi connectivity index (χ1) is 8.74. The molecule has 90 valence electrons. The first-order valence-electron chi connectivity index (χ1n) is 5.04. The fourth-order valence-electron chi connectivity index (χ4n) is 1.47. The van der Waals surface area contributed by atoms with E-state index in [0.29, 0.717) is 10.2 Å². The normalized spacial score (nSPS) is 10.7. The number of hydrogen-bond acceptors (Lipinski definition) is 6. The minimum absolute atomic E-state index is 0.456. The van der Waals surface area contributed by atoms with Crippen molar-refractivity contribution in [3.05, 3.63) is 35.5 Å². The summed E-state index contributed by atoms with van der Waals surface area (Å²) in [6, 6.07) is 7.62. The van der Waals surface area contributed by atoms with Gasteiger partial charge in [-0.1, -0.05) is 41.1 Å². The second-order valence-electron chi connectivity index (χ2n) is 3.45. The maximum atomic E-state index is 6.14. The minimum atomic E-state index is 0.456. The lowest BCUT2D eigenvalue weighted by molar-refractivity contribution is 1.10. The topological polar surface area (TPSA) is 64.7 Å². The Morgan fingerprint density at radius 1 is 1.06 bits per heavy atom. The molecule has 18 heavy (non-hydrogen) atoms. The van der Waals surface area contributed by atoms with Crippen molar-refractivity contribution in [3.8, 4) is 20.5 Å². The highest BCUT2D eigenvalue weighted by Crippen LogP contribution is 2.36. The molecule has 4 nitrogen and oxygen atoms in total. The molecule has 0 saturated heterocycles. The summed E-state index contributed by atoms with van der Waals surface area (Å²) in [5.41, 5.74) is 6.49. The van der Waals surface area contributed by atoms with Gasteiger partial charge < -0.3 is 5.73 Å². The summed E-state index contributed by atoms with van der Waals surface area (Å²) in [5, 5.41) is 10.6.